The molecule has 1 aromatic carbocycles. The molecule has 1 aliphatic carbocycles. The highest BCUT2D eigenvalue weighted by Crippen LogP contribution is 2.15. The molecule has 2 nitrogen and oxygen atoms in total. The van der Waals surface area contributed by atoms with E-state index in [1.807, 2.05) is 43.3 Å². The molecule has 0 aliphatic heterocycles. The number of hydrogen-bond acceptors (Lipinski definition) is 2. The minimum Gasteiger partial charge on any atom is -0.242 e. The summed E-state index contributed by atoms with van der Waals surface area (Å²) in [6, 6.07) is 12.0. The van der Waals surface area contributed by atoms with E-state index in [0.29, 0.717) is 0 Å². The molecule has 16 heavy (non-hydrogen) atoms. The van der Waals surface area contributed by atoms with Crippen molar-refractivity contribution in [3.63, 3.8) is 0 Å². The Morgan fingerprint density at radius 1 is 0.938 bits per heavy atom. The van der Waals surface area contributed by atoms with Crippen molar-refractivity contribution in [1.82, 2.24) is 9.97 Å². The molecular weight excluding hydrogens is 196 g/mol. The zero-order chi connectivity index (χ0) is 11.2. The molecule has 0 radical (unpaired) electrons. The van der Waals surface area contributed by atoms with Gasteiger partial charge in [-0.1, -0.05) is 49.6 Å². The summed E-state index contributed by atoms with van der Waals surface area (Å²) in [5.74, 6) is 0.807. The zero-order valence-corrected chi connectivity index (χ0v) is 9.56. The Balaban J connectivity index is 0.000000278. The minimum absolute atomic E-state index is 0.807. The molecule has 0 bridgehead atoms. The van der Waals surface area contributed by atoms with Gasteiger partial charge >= 0.3 is 0 Å². The first-order valence-electron chi connectivity index (χ1n) is 5.71. The normalized spacial score (nSPS) is 12.6. The van der Waals surface area contributed by atoms with Crippen molar-refractivity contribution in [2.24, 2.45) is 0 Å². The van der Waals surface area contributed by atoms with E-state index in [9.17, 15) is 0 Å². The Hall–Kier alpha value is -1.70. The average molecular weight is 212 g/mol. The van der Waals surface area contributed by atoms with Crippen LogP contribution in [0.2, 0.25) is 0 Å². The van der Waals surface area contributed by atoms with Gasteiger partial charge in [0.2, 0.25) is 0 Å². The summed E-state index contributed by atoms with van der Waals surface area (Å²) in [5, 5.41) is 0. The third kappa shape index (κ3) is 3.46. The van der Waals surface area contributed by atoms with Crippen LogP contribution >= 0.6 is 0 Å². The molecule has 3 rings (SSSR count). The summed E-state index contributed by atoms with van der Waals surface area (Å²) < 4.78 is 0. The Morgan fingerprint density at radius 3 is 2.19 bits per heavy atom. The molecular formula is C14H16N2. The van der Waals surface area contributed by atoms with Crippen LogP contribution in [0.25, 0.3) is 11.3 Å². The Morgan fingerprint density at radius 2 is 1.62 bits per heavy atom. The van der Waals surface area contributed by atoms with Crippen LogP contribution in [0.4, 0.5) is 0 Å². The molecule has 0 N–H and O–H groups in total. The van der Waals surface area contributed by atoms with Gasteiger partial charge in [0.15, 0.2) is 0 Å². The number of aromatic nitrogens is 2. The maximum absolute atomic E-state index is 4.33. The SMILES string of the molecule is C1CC1.Cc1nccc(-c2ccccc2)n1. The molecule has 0 amide bonds. The maximum Gasteiger partial charge on any atom is 0.125 e. The summed E-state index contributed by atoms with van der Waals surface area (Å²) in [7, 11) is 0. The van der Waals surface area contributed by atoms with Crippen LogP contribution in [0.3, 0.4) is 0 Å². The van der Waals surface area contributed by atoms with Crippen molar-refractivity contribution in [1.29, 1.82) is 0 Å². The fourth-order valence-electron chi connectivity index (χ4n) is 1.23. The topological polar surface area (TPSA) is 25.8 Å². The molecule has 0 spiro atoms. The second-order valence-corrected chi connectivity index (χ2v) is 3.92. The van der Waals surface area contributed by atoms with E-state index < -0.39 is 0 Å². The van der Waals surface area contributed by atoms with Gasteiger partial charge in [0.1, 0.15) is 5.82 Å². The number of hydrogen-bond donors (Lipinski definition) is 0. The lowest BCUT2D eigenvalue weighted by molar-refractivity contribution is 1.06. The number of nitrogens with zero attached hydrogens (tertiary/aromatic N) is 2. The zero-order valence-electron chi connectivity index (χ0n) is 9.56. The molecule has 1 fully saturated rings. The maximum atomic E-state index is 4.33. The second-order valence-electron chi connectivity index (χ2n) is 3.92. The van der Waals surface area contributed by atoms with Crippen LogP contribution in [-0.4, -0.2) is 9.97 Å². The van der Waals surface area contributed by atoms with Gasteiger partial charge in [-0.2, -0.15) is 0 Å². The third-order valence-electron chi connectivity index (χ3n) is 2.20. The summed E-state index contributed by atoms with van der Waals surface area (Å²) >= 11 is 0. The molecule has 0 unspecified atom stereocenters. The van der Waals surface area contributed by atoms with Crippen molar-refractivity contribution in [3.8, 4) is 11.3 Å². The van der Waals surface area contributed by atoms with Crippen molar-refractivity contribution < 1.29 is 0 Å². The minimum atomic E-state index is 0.807. The summed E-state index contributed by atoms with van der Waals surface area (Å²) in [4.78, 5) is 8.39. The molecule has 1 saturated carbocycles. The average Bonchev–Trinajstić information content (AvgIpc) is 3.18. The Bertz CT molecular complexity index is 433. The smallest absolute Gasteiger partial charge is 0.125 e. The number of aryl methyl sites for hydroxylation is 1. The van der Waals surface area contributed by atoms with Crippen molar-refractivity contribution >= 4 is 0 Å². The van der Waals surface area contributed by atoms with E-state index in [-0.39, 0.29) is 0 Å². The van der Waals surface area contributed by atoms with E-state index >= 15 is 0 Å². The molecule has 0 saturated heterocycles. The van der Waals surface area contributed by atoms with E-state index in [1.54, 1.807) is 6.20 Å². The highest BCUT2D eigenvalue weighted by Gasteiger charge is 1.97. The molecule has 1 heterocycles. The van der Waals surface area contributed by atoms with Gasteiger partial charge in [-0.3, -0.25) is 0 Å². The fraction of sp³-hybridized carbons (Fsp3) is 0.286. The van der Waals surface area contributed by atoms with Crippen LogP contribution in [0.1, 0.15) is 25.1 Å². The number of rotatable bonds is 1. The molecule has 1 aliphatic rings. The van der Waals surface area contributed by atoms with Crippen molar-refractivity contribution in [3.05, 3.63) is 48.4 Å². The quantitative estimate of drug-likeness (QED) is 0.721. The lowest BCUT2D eigenvalue weighted by atomic mass is 10.1. The lowest BCUT2D eigenvalue weighted by Crippen LogP contribution is -1.88. The predicted molar refractivity (Wildman–Crippen MR) is 66.1 cm³/mol. The van der Waals surface area contributed by atoms with Crippen molar-refractivity contribution in [2.45, 2.75) is 26.2 Å². The standard InChI is InChI=1S/C11H10N2.C3H6/c1-9-12-8-7-11(13-9)10-5-3-2-4-6-10;1-2-3-1/h2-8H,1H3;1-3H2. The van der Waals surface area contributed by atoms with Crippen LogP contribution in [0.5, 0.6) is 0 Å². The van der Waals surface area contributed by atoms with Gasteiger partial charge in [0, 0.05) is 11.8 Å². The first-order chi connectivity index (χ1) is 7.86. The third-order valence-corrected chi connectivity index (χ3v) is 2.20. The van der Waals surface area contributed by atoms with Gasteiger partial charge in [-0.15, -0.1) is 0 Å². The second kappa shape index (κ2) is 5.40. The highest BCUT2D eigenvalue weighted by atomic mass is 14.9. The Labute approximate surface area is 96.4 Å². The summed E-state index contributed by atoms with van der Waals surface area (Å²) in [6.45, 7) is 1.90. The van der Waals surface area contributed by atoms with Crippen LogP contribution in [0, 0.1) is 6.92 Å². The van der Waals surface area contributed by atoms with Crippen LogP contribution in [0.15, 0.2) is 42.6 Å². The highest BCUT2D eigenvalue weighted by molar-refractivity contribution is 5.58. The van der Waals surface area contributed by atoms with Crippen molar-refractivity contribution in [2.75, 3.05) is 0 Å². The van der Waals surface area contributed by atoms with E-state index in [1.165, 1.54) is 19.3 Å². The predicted octanol–water partition coefficient (Wildman–Crippen LogP) is 3.62. The lowest BCUT2D eigenvalue weighted by Gasteiger charge is -1.99. The van der Waals surface area contributed by atoms with Crippen LogP contribution < -0.4 is 0 Å². The van der Waals surface area contributed by atoms with Gasteiger partial charge in [0.05, 0.1) is 5.69 Å². The fourth-order valence-corrected chi connectivity index (χ4v) is 1.23. The van der Waals surface area contributed by atoms with Gasteiger partial charge in [-0.05, 0) is 13.0 Å². The summed E-state index contributed by atoms with van der Waals surface area (Å²) in [6.07, 6.45) is 6.28. The van der Waals surface area contributed by atoms with Gasteiger partial charge < -0.3 is 0 Å². The Kier molecular flexibility index (Phi) is 3.65. The molecule has 0 atom stereocenters. The monoisotopic (exact) mass is 212 g/mol. The molecule has 82 valence electrons. The van der Waals surface area contributed by atoms with E-state index in [2.05, 4.69) is 9.97 Å². The van der Waals surface area contributed by atoms with Gasteiger partial charge in [0.25, 0.3) is 0 Å². The van der Waals surface area contributed by atoms with E-state index in [4.69, 9.17) is 0 Å². The van der Waals surface area contributed by atoms with E-state index in [0.717, 1.165) is 17.1 Å². The first kappa shape index (κ1) is 10.8. The molecule has 2 heteroatoms. The molecule has 1 aromatic heterocycles. The molecule has 2 aromatic rings. The number of benzene rings is 1. The van der Waals surface area contributed by atoms with Crippen LogP contribution in [-0.2, 0) is 0 Å². The van der Waals surface area contributed by atoms with Gasteiger partial charge in [-0.25, -0.2) is 9.97 Å². The first-order valence-corrected chi connectivity index (χ1v) is 5.71. The largest absolute Gasteiger partial charge is 0.242 e. The summed E-state index contributed by atoms with van der Waals surface area (Å²) in [5.41, 5.74) is 2.11.